The van der Waals surface area contributed by atoms with Crippen LogP contribution in [-0.2, 0) is 9.53 Å². The van der Waals surface area contributed by atoms with Gasteiger partial charge >= 0.3 is 6.09 Å². The van der Waals surface area contributed by atoms with Crippen LogP contribution in [0.2, 0.25) is 0 Å². The number of rotatable bonds is 5. The molecule has 0 bridgehead atoms. The number of carbonyl (C=O) groups excluding carboxylic acids is 2. The second kappa shape index (κ2) is 9.41. The van der Waals surface area contributed by atoms with E-state index in [1.54, 1.807) is 11.9 Å². The number of benzene rings is 1. The van der Waals surface area contributed by atoms with E-state index in [1.807, 2.05) is 65.0 Å². The maximum absolute atomic E-state index is 12.7. The first kappa shape index (κ1) is 22.2. The van der Waals surface area contributed by atoms with Crippen LogP contribution in [0.4, 0.5) is 4.79 Å². The van der Waals surface area contributed by atoms with Gasteiger partial charge in [-0.3, -0.25) is 9.69 Å². The predicted molar refractivity (Wildman–Crippen MR) is 111 cm³/mol. The molecule has 1 saturated heterocycles. The monoisotopic (exact) mass is 389 g/mol. The smallest absolute Gasteiger partial charge is 0.410 e. The first-order valence-corrected chi connectivity index (χ1v) is 10.1. The zero-order chi connectivity index (χ0) is 20.9. The molecule has 2 amide bonds. The fourth-order valence-electron chi connectivity index (χ4n) is 3.47. The summed E-state index contributed by atoms with van der Waals surface area (Å²) in [6.07, 6.45) is 1.39. The number of nitrogens with one attached hydrogen (secondary N) is 1. The molecule has 28 heavy (non-hydrogen) atoms. The number of ether oxygens (including phenoxy) is 1. The Labute approximate surface area is 169 Å². The summed E-state index contributed by atoms with van der Waals surface area (Å²) in [6, 6.07) is 9.90. The predicted octanol–water partition coefficient (Wildman–Crippen LogP) is 3.58. The summed E-state index contributed by atoms with van der Waals surface area (Å²) in [5.74, 6) is 0.0373. The molecule has 0 saturated carbocycles. The summed E-state index contributed by atoms with van der Waals surface area (Å²) in [6.45, 7) is 11.1. The van der Waals surface area contributed by atoms with Crippen LogP contribution in [0.5, 0.6) is 0 Å². The van der Waals surface area contributed by atoms with Crippen molar-refractivity contribution in [2.75, 3.05) is 20.1 Å². The third-order valence-electron chi connectivity index (χ3n) is 5.31. The van der Waals surface area contributed by atoms with Crippen molar-refractivity contribution in [3.63, 3.8) is 0 Å². The number of amides is 2. The summed E-state index contributed by atoms with van der Waals surface area (Å²) in [5, 5.41) is 3.11. The summed E-state index contributed by atoms with van der Waals surface area (Å²) in [5.41, 5.74) is 0.606. The highest BCUT2D eigenvalue weighted by atomic mass is 16.6. The molecule has 2 rings (SSSR count). The van der Waals surface area contributed by atoms with Gasteiger partial charge in [0.1, 0.15) is 5.60 Å². The van der Waals surface area contributed by atoms with Crippen LogP contribution in [0.25, 0.3) is 0 Å². The molecule has 1 aromatic rings. The minimum absolute atomic E-state index is 0.0213. The molecule has 1 N–H and O–H groups in total. The van der Waals surface area contributed by atoms with Gasteiger partial charge in [0.15, 0.2) is 0 Å². The van der Waals surface area contributed by atoms with Gasteiger partial charge in [-0.1, -0.05) is 30.3 Å². The highest BCUT2D eigenvalue weighted by molar-refractivity contribution is 5.81. The van der Waals surface area contributed by atoms with Crippen molar-refractivity contribution in [1.82, 2.24) is 15.1 Å². The van der Waals surface area contributed by atoms with Crippen molar-refractivity contribution in [2.24, 2.45) is 0 Å². The largest absolute Gasteiger partial charge is 0.444 e. The lowest BCUT2D eigenvalue weighted by Crippen LogP contribution is -2.52. The molecule has 6 heteroatoms. The lowest BCUT2D eigenvalue weighted by molar-refractivity contribution is -0.127. The van der Waals surface area contributed by atoms with Gasteiger partial charge in [-0.25, -0.2) is 4.79 Å². The topological polar surface area (TPSA) is 61.9 Å². The molecule has 1 aromatic carbocycles. The minimum Gasteiger partial charge on any atom is -0.444 e. The Morgan fingerprint density at radius 2 is 1.71 bits per heavy atom. The molecule has 1 fully saturated rings. The quantitative estimate of drug-likeness (QED) is 0.836. The van der Waals surface area contributed by atoms with E-state index in [9.17, 15) is 9.59 Å². The number of carbonyl (C=O) groups is 2. The third kappa shape index (κ3) is 6.23. The maximum atomic E-state index is 12.7. The lowest BCUT2D eigenvalue weighted by atomic mass is 10.0. The van der Waals surface area contributed by atoms with E-state index in [0.29, 0.717) is 0 Å². The average Bonchev–Trinajstić information content (AvgIpc) is 2.66. The molecule has 0 aliphatic carbocycles. The Morgan fingerprint density at radius 3 is 2.25 bits per heavy atom. The zero-order valence-corrected chi connectivity index (χ0v) is 18.1. The van der Waals surface area contributed by atoms with Crippen molar-refractivity contribution in [1.29, 1.82) is 0 Å². The van der Waals surface area contributed by atoms with Gasteiger partial charge in [-0.15, -0.1) is 0 Å². The molecular formula is C22H35N3O3. The van der Waals surface area contributed by atoms with E-state index in [2.05, 4.69) is 10.2 Å². The fraction of sp³-hybridized carbons (Fsp3) is 0.636. The molecule has 0 radical (unpaired) electrons. The summed E-state index contributed by atoms with van der Waals surface area (Å²) in [7, 11) is 1.80. The van der Waals surface area contributed by atoms with Crippen molar-refractivity contribution in [3.05, 3.63) is 35.9 Å². The molecule has 1 aliphatic heterocycles. The van der Waals surface area contributed by atoms with E-state index in [1.165, 1.54) is 0 Å². The van der Waals surface area contributed by atoms with Crippen molar-refractivity contribution in [2.45, 2.75) is 71.2 Å². The van der Waals surface area contributed by atoms with E-state index >= 15 is 0 Å². The van der Waals surface area contributed by atoms with E-state index < -0.39 is 5.60 Å². The normalized spacial score (nSPS) is 18.2. The maximum Gasteiger partial charge on any atom is 0.410 e. The van der Waals surface area contributed by atoms with Crippen LogP contribution in [0.15, 0.2) is 30.3 Å². The van der Waals surface area contributed by atoms with E-state index in [4.69, 9.17) is 4.74 Å². The second-order valence-corrected chi connectivity index (χ2v) is 8.68. The number of hydrogen-bond acceptors (Lipinski definition) is 4. The Morgan fingerprint density at radius 1 is 1.14 bits per heavy atom. The number of piperidine rings is 1. The Hall–Kier alpha value is -2.08. The van der Waals surface area contributed by atoms with E-state index in [-0.39, 0.29) is 30.1 Å². The summed E-state index contributed by atoms with van der Waals surface area (Å²) < 4.78 is 5.46. The first-order valence-electron chi connectivity index (χ1n) is 10.1. The average molecular weight is 390 g/mol. The molecule has 1 heterocycles. The molecule has 2 atom stereocenters. The molecule has 1 aliphatic rings. The highest BCUT2D eigenvalue weighted by Gasteiger charge is 2.31. The molecule has 156 valence electrons. The Bertz CT molecular complexity index is 649. The summed E-state index contributed by atoms with van der Waals surface area (Å²) >= 11 is 0. The zero-order valence-electron chi connectivity index (χ0n) is 18.1. The van der Waals surface area contributed by atoms with E-state index in [0.717, 1.165) is 31.5 Å². The van der Waals surface area contributed by atoms with Gasteiger partial charge in [-0.05, 0) is 53.0 Å². The molecule has 6 nitrogen and oxygen atoms in total. The highest BCUT2D eigenvalue weighted by Crippen LogP contribution is 2.20. The van der Waals surface area contributed by atoms with Gasteiger partial charge in [0.05, 0.1) is 12.1 Å². The van der Waals surface area contributed by atoms with Crippen LogP contribution in [0, 0.1) is 0 Å². The SMILES string of the molecule is CC(NC(=O)C(C)N1CCC(N(C)C(=O)OC(C)(C)C)CC1)c1ccccc1. The van der Waals surface area contributed by atoms with Crippen molar-refractivity contribution < 1.29 is 14.3 Å². The van der Waals surface area contributed by atoms with Crippen LogP contribution in [-0.4, -0.2) is 59.6 Å². The number of nitrogens with zero attached hydrogens (tertiary/aromatic N) is 2. The van der Waals surface area contributed by atoms with Crippen LogP contribution in [0.1, 0.15) is 59.1 Å². The van der Waals surface area contributed by atoms with Gasteiger partial charge in [0.2, 0.25) is 5.91 Å². The van der Waals surface area contributed by atoms with Gasteiger partial charge < -0.3 is 15.0 Å². The lowest BCUT2D eigenvalue weighted by Gasteiger charge is -2.39. The second-order valence-electron chi connectivity index (χ2n) is 8.68. The van der Waals surface area contributed by atoms with Crippen LogP contribution >= 0.6 is 0 Å². The minimum atomic E-state index is -0.492. The fourth-order valence-corrected chi connectivity index (χ4v) is 3.47. The number of hydrogen-bond donors (Lipinski definition) is 1. The van der Waals surface area contributed by atoms with Crippen LogP contribution < -0.4 is 5.32 Å². The third-order valence-corrected chi connectivity index (χ3v) is 5.31. The molecule has 0 spiro atoms. The molecule has 0 aromatic heterocycles. The van der Waals surface area contributed by atoms with Gasteiger partial charge in [0, 0.05) is 26.2 Å². The first-order chi connectivity index (χ1) is 13.1. The van der Waals surface area contributed by atoms with Gasteiger partial charge in [0.25, 0.3) is 0 Å². The van der Waals surface area contributed by atoms with Gasteiger partial charge in [-0.2, -0.15) is 0 Å². The van der Waals surface area contributed by atoms with Crippen molar-refractivity contribution in [3.8, 4) is 0 Å². The summed E-state index contributed by atoms with van der Waals surface area (Å²) in [4.78, 5) is 28.8. The molecule has 2 unspecified atom stereocenters. The number of likely N-dealkylation sites (tertiary alicyclic amines) is 1. The Balaban J connectivity index is 1.83. The van der Waals surface area contributed by atoms with Crippen LogP contribution in [0.3, 0.4) is 0 Å². The Kier molecular flexibility index (Phi) is 7.47. The molecular weight excluding hydrogens is 354 g/mol. The standard InChI is InChI=1S/C22H35N3O3/c1-16(18-10-8-7-9-11-18)23-20(26)17(2)25-14-12-19(13-15-25)24(6)21(27)28-22(3,4)5/h7-11,16-17,19H,12-15H2,1-6H3,(H,23,26). The van der Waals surface area contributed by atoms with Crippen molar-refractivity contribution >= 4 is 12.0 Å².